The number of rotatable bonds is 10. The third-order valence-electron chi connectivity index (χ3n) is 2.52. The van der Waals surface area contributed by atoms with Crippen LogP contribution >= 0.6 is 11.6 Å². The fourth-order valence-corrected chi connectivity index (χ4v) is 1.95. The molecular formula is C12H26ClN. The van der Waals surface area contributed by atoms with Gasteiger partial charge < -0.3 is 4.90 Å². The van der Waals surface area contributed by atoms with Gasteiger partial charge in [-0.25, -0.2) is 0 Å². The Morgan fingerprint density at radius 1 is 0.786 bits per heavy atom. The Balaban J connectivity index is 3.30. The maximum absolute atomic E-state index is 5.75. The van der Waals surface area contributed by atoms with Crippen LogP contribution in [-0.2, 0) is 0 Å². The lowest BCUT2D eigenvalue weighted by molar-refractivity contribution is 0.282. The molecular weight excluding hydrogens is 194 g/mol. The molecule has 0 aromatic rings. The molecule has 0 saturated carbocycles. The fraction of sp³-hybridized carbons (Fsp3) is 1.00. The molecule has 0 radical (unpaired) electrons. The van der Waals surface area contributed by atoms with Crippen molar-refractivity contribution in [3.05, 3.63) is 0 Å². The Morgan fingerprint density at radius 2 is 1.50 bits per heavy atom. The van der Waals surface area contributed by atoms with E-state index in [1.54, 1.807) is 0 Å². The highest BCUT2D eigenvalue weighted by Crippen LogP contribution is 2.04. The molecule has 0 saturated heterocycles. The largest absolute Gasteiger partial charge is 0.302 e. The molecule has 2 heteroatoms. The van der Waals surface area contributed by atoms with E-state index in [4.69, 9.17) is 11.6 Å². The molecule has 86 valence electrons. The minimum atomic E-state index is 0.773. The molecule has 0 aliphatic rings. The third-order valence-corrected chi connectivity index (χ3v) is 2.69. The number of hydrogen-bond acceptors (Lipinski definition) is 1. The van der Waals surface area contributed by atoms with Crippen molar-refractivity contribution in [2.75, 3.05) is 25.5 Å². The predicted octanol–water partition coefficient (Wildman–Crippen LogP) is 3.91. The van der Waals surface area contributed by atoms with E-state index in [9.17, 15) is 0 Å². The highest BCUT2D eigenvalue weighted by Gasteiger charge is 2.01. The van der Waals surface area contributed by atoms with Gasteiger partial charge in [0.05, 0.1) is 0 Å². The van der Waals surface area contributed by atoms with Crippen molar-refractivity contribution in [2.24, 2.45) is 0 Å². The number of nitrogens with zero attached hydrogens (tertiary/aromatic N) is 1. The number of unbranched alkanes of at least 4 members (excludes halogenated alkanes) is 4. The number of halogens is 1. The monoisotopic (exact) mass is 219 g/mol. The lowest BCUT2D eigenvalue weighted by Gasteiger charge is -2.20. The first-order valence-corrected chi connectivity index (χ1v) is 6.66. The normalized spacial score (nSPS) is 11.1. The lowest BCUT2D eigenvalue weighted by Crippen LogP contribution is -2.27. The molecule has 0 fully saturated rings. The minimum Gasteiger partial charge on any atom is -0.302 e. The first kappa shape index (κ1) is 14.2. The molecule has 14 heavy (non-hydrogen) atoms. The van der Waals surface area contributed by atoms with Crippen molar-refractivity contribution in [2.45, 2.75) is 52.4 Å². The Kier molecular flexibility index (Phi) is 11.5. The second-order valence-corrected chi connectivity index (χ2v) is 4.32. The van der Waals surface area contributed by atoms with Crippen molar-refractivity contribution in [1.29, 1.82) is 0 Å². The van der Waals surface area contributed by atoms with Gasteiger partial charge in [0.15, 0.2) is 0 Å². The maximum atomic E-state index is 5.75. The van der Waals surface area contributed by atoms with Gasteiger partial charge in [-0.3, -0.25) is 0 Å². The number of alkyl halides is 1. The van der Waals surface area contributed by atoms with E-state index in [2.05, 4.69) is 18.7 Å². The first-order chi connectivity index (χ1) is 6.85. The molecule has 0 bridgehead atoms. The van der Waals surface area contributed by atoms with Crippen LogP contribution in [0.5, 0.6) is 0 Å². The average Bonchev–Trinajstić information content (AvgIpc) is 2.18. The minimum absolute atomic E-state index is 0.773. The average molecular weight is 220 g/mol. The van der Waals surface area contributed by atoms with E-state index in [-0.39, 0.29) is 0 Å². The lowest BCUT2D eigenvalue weighted by atomic mass is 10.1. The fourth-order valence-electron chi connectivity index (χ4n) is 1.71. The second-order valence-electron chi connectivity index (χ2n) is 3.94. The summed E-state index contributed by atoms with van der Waals surface area (Å²) in [6, 6.07) is 0. The standard InChI is InChI=1S/C12H26ClN/c1-3-5-6-7-8-11-14(10-4-2)12-9-13/h3-12H2,1-2H3. The second kappa shape index (κ2) is 11.3. The first-order valence-electron chi connectivity index (χ1n) is 6.13. The summed E-state index contributed by atoms with van der Waals surface area (Å²) in [5, 5.41) is 0. The molecule has 0 aromatic heterocycles. The smallest absolute Gasteiger partial charge is 0.0351 e. The Morgan fingerprint density at radius 3 is 2.07 bits per heavy atom. The molecule has 0 aliphatic carbocycles. The summed E-state index contributed by atoms with van der Waals surface area (Å²) in [7, 11) is 0. The molecule has 0 atom stereocenters. The molecule has 0 rings (SSSR count). The molecule has 0 heterocycles. The van der Waals surface area contributed by atoms with Crippen molar-refractivity contribution in [1.82, 2.24) is 4.90 Å². The molecule has 0 aliphatic heterocycles. The molecule has 0 amide bonds. The van der Waals surface area contributed by atoms with Crippen LogP contribution in [0.4, 0.5) is 0 Å². The zero-order chi connectivity index (χ0) is 10.6. The molecule has 0 spiro atoms. The maximum Gasteiger partial charge on any atom is 0.0351 e. The van der Waals surface area contributed by atoms with Crippen LogP contribution in [0, 0.1) is 0 Å². The third kappa shape index (κ3) is 8.83. The summed E-state index contributed by atoms with van der Waals surface area (Å²) in [6.07, 6.45) is 8.10. The summed E-state index contributed by atoms with van der Waals surface area (Å²) in [5.74, 6) is 0.773. The van der Waals surface area contributed by atoms with Gasteiger partial charge in [0.25, 0.3) is 0 Å². The summed E-state index contributed by atoms with van der Waals surface area (Å²) in [6.45, 7) is 8.00. The van der Waals surface area contributed by atoms with E-state index in [1.807, 2.05) is 0 Å². The molecule has 0 aromatic carbocycles. The van der Waals surface area contributed by atoms with Crippen LogP contribution in [-0.4, -0.2) is 30.4 Å². The van der Waals surface area contributed by atoms with Gasteiger partial charge in [-0.05, 0) is 25.9 Å². The van der Waals surface area contributed by atoms with Gasteiger partial charge >= 0.3 is 0 Å². The van der Waals surface area contributed by atoms with Gasteiger partial charge in [0, 0.05) is 12.4 Å². The van der Waals surface area contributed by atoms with Crippen LogP contribution in [0.1, 0.15) is 52.4 Å². The highest BCUT2D eigenvalue weighted by atomic mass is 35.5. The van der Waals surface area contributed by atoms with Crippen molar-refractivity contribution < 1.29 is 0 Å². The summed E-state index contributed by atoms with van der Waals surface area (Å²) >= 11 is 5.75. The van der Waals surface area contributed by atoms with Crippen LogP contribution in [0.3, 0.4) is 0 Å². The van der Waals surface area contributed by atoms with E-state index in [0.29, 0.717) is 0 Å². The summed E-state index contributed by atoms with van der Waals surface area (Å²) in [5.41, 5.74) is 0. The van der Waals surface area contributed by atoms with E-state index >= 15 is 0 Å². The van der Waals surface area contributed by atoms with E-state index < -0.39 is 0 Å². The highest BCUT2D eigenvalue weighted by molar-refractivity contribution is 6.18. The van der Waals surface area contributed by atoms with E-state index in [1.165, 1.54) is 51.6 Å². The predicted molar refractivity (Wildman–Crippen MR) is 66.2 cm³/mol. The Hall–Kier alpha value is 0.250. The van der Waals surface area contributed by atoms with Gasteiger partial charge in [-0.1, -0.05) is 39.5 Å². The molecule has 0 unspecified atom stereocenters. The van der Waals surface area contributed by atoms with Gasteiger partial charge in [-0.2, -0.15) is 0 Å². The summed E-state index contributed by atoms with van der Waals surface area (Å²) in [4.78, 5) is 2.49. The zero-order valence-electron chi connectivity index (χ0n) is 9.90. The topological polar surface area (TPSA) is 3.24 Å². The van der Waals surface area contributed by atoms with Crippen molar-refractivity contribution in [3.8, 4) is 0 Å². The van der Waals surface area contributed by atoms with E-state index in [0.717, 1.165) is 12.4 Å². The van der Waals surface area contributed by atoms with Gasteiger partial charge in [0.2, 0.25) is 0 Å². The van der Waals surface area contributed by atoms with Crippen LogP contribution in [0.15, 0.2) is 0 Å². The number of hydrogen-bond donors (Lipinski definition) is 0. The quantitative estimate of drug-likeness (QED) is 0.398. The summed E-state index contributed by atoms with van der Waals surface area (Å²) < 4.78 is 0. The molecule has 0 N–H and O–H groups in total. The van der Waals surface area contributed by atoms with Crippen LogP contribution < -0.4 is 0 Å². The zero-order valence-corrected chi connectivity index (χ0v) is 10.7. The SMILES string of the molecule is CCCCCCCN(CCC)CCCl. The van der Waals surface area contributed by atoms with Gasteiger partial charge in [-0.15, -0.1) is 11.6 Å². The van der Waals surface area contributed by atoms with Gasteiger partial charge in [0.1, 0.15) is 0 Å². The molecule has 1 nitrogen and oxygen atoms in total. The van der Waals surface area contributed by atoms with Crippen molar-refractivity contribution in [3.63, 3.8) is 0 Å². The Labute approximate surface area is 94.8 Å². The van der Waals surface area contributed by atoms with Crippen LogP contribution in [0.2, 0.25) is 0 Å². The van der Waals surface area contributed by atoms with Crippen LogP contribution in [0.25, 0.3) is 0 Å². The Bertz CT molecular complexity index is 100. The van der Waals surface area contributed by atoms with Crippen molar-refractivity contribution >= 4 is 11.6 Å².